The van der Waals surface area contributed by atoms with Gasteiger partial charge in [0.15, 0.2) is 5.78 Å². The largest absolute Gasteiger partial charge is 0.496 e. The minimum Gasteiger partial charge on any atom is -0.496 e. The fraction of sp³-hybridized carbons (Fsp3) is 0.556. The van der Waals surface area contributed by atoms with Gasteiger partial charge < -0.3 is 4.74 Å². The highest BCUT2D eigenvalue weighted by Gasteiger charge is 2.38. The molecule has 2 atom stereocenters. The minimum absolute atomic E-state index is 0.0750. The second-order valence-corrected chi connectivity index (χ2v) is 9.75. The van der Waals surface area contributed by atoms with Crippen LogP contribution in [0.15, 0.2) is 30.3 Å². The monoisotopic (exact) mass is 418 g/mol. The van der Waals surface area contributed by atoms with Gasteiger partial charge in [-0.1, -0.05) is 38.5 Å². The van der Waals surface area contributed by atoms with Gasteiger partial charge in [0.25, 0.3) is 0 Å². The summed E-state index contributed by atoms with van der Waals surface area (Å²) in [6.07, 6.45) is 6.44. The van der Waals surface area contributed by atoms with Crippen LogP contribution in [0.1, 0.15) is 61.9 Å². The van der Waals surface area contributed by atoms with Crippen molar-refractivity contribution in [3.63, 3.8) is 0 Å². The molecule has 1 saturated heterocycles. The van der Waals surface area contributed by atoms with E-state index in [0.29, 0.717) is 24.3 Å². The van der Waals surface area contributed by atoms with Gasteiger partial charge in [0.2, 0.25) is 0 Å². The minimum atomic E-state index is 0.0750. The first-order chi connectivity index (χ1) is 15.0. The molecule has 1 heterocycles. The van der Waals surface area contributed by atoms with Gasteiger partial charge in [0.1, 0.15) is 5.75 Å². The summed E-state index contributed by atoms with van der Waals surface area (Å²) in [4.78, 5) is 16.3. The van der Waals surface area contributed by atoms with Crippen LogP contribution in [0.25, 0.3) is 10.8 Å². The Labute approximate surface area is 186 Å². The van der Waals surface area contributed by atoms with E-state index in [1.54, 1.807) is 7.11 Å². The summed E-state index contributed by atoms with van der Waals surface area (Å²) in [6.45, 7) is 6.57. The van der Waals surface area contributed by atoms with Crippen LogP contribution < -0.4 is 4.74 Å². The zero-order valence-electron chi connectivity index (χ0n) is 19.1. The molecule has 0 aromatic heterocycles. The lowest BCUT2D eigenvalue weighted by molar-refractivity contribution is 0.0365. The van der Waals surface area contributed by atoms with Crippen LogP contribution in [-0.4, -0.2) is 36.9 Å². The van der Waals surface area contributed by atoms with E-state index in [1.165, 1.54) is 19.3 Å². The van der Waals surface area contributed by atoms with Crippen molar-refractivity contribution in [2.24, 2.45) is 17.8 Å². The summed E-state index contributed by atoms with van der Waals surface area (Å²) in [7, 11) is 1.63. The first-order valence-corrected chi connectivity index (χ1v) is 11.8. The number of nitrogens with zero attached hydrogens (tertiary/aromatic N) is 2. The number of rotatable bonds is 7. The lowest BCUT2D eigenvalue weighted by Gasteiger charge is -2.45. The smallest absolute Gasteiger partial charge is 0.167 e. The third kappa shape index (κ3) is 4.48. The number of Topliss-reactive ketones (excluding diaryl/α,β-unsaturated/α-hetero) is 1. The summed E-state index contributed by atoms with van der Waals surface area (Å²) < 4.78 is 5.46. The number of carbonyl (C=O) groups is 1. The maximum absolute atomic E-state index is 13.7. The molecule has 31 heavy (non-hydrogen) atoms. The number of fused-ring (bicyclic) bond motifs is 1. The van der Waals surface area contributed by atoms with Gasteiger partial charge in [-0.2, -0.15) is 5.26 Å². The Morgan fingerprint density at radius 1 is 1.23 bits per heavy atom. The molecule has 4 rings (SSSR count). The zero-order chi connectivity index (χ0) is 22.0. The molecule has 0 N–H and O–H groups in total. The molecule has 1 aliphatic carbocycles. The van der Waals surface area contributed by atoms with Crippen LogP contribution in [0.4, 0.5) is 0 Å². The molecule has 2 unspecified atom stereocenters. The van der Waals surface area contributed by atoms with Gasteiger partial charge in [-0.25, -0.2) is 0 Å². The molecule has 0 amide bonds. The van der Waals surface area contributed by atoms with Crippen LogP contribution in [0, 0.1) is 29.1 Å². The number of nitriles is 1. The van der Waals surface area contributed by atoms with Crippen LogP contribution in [0.3, 0.4) is 0 Å². The molecular formula is C27H34N2O2. The number of carbonyl (C=O) groups excluding carboxylic acids is 1. The molecule has 1 aliphatic heterocycles. The molecule has 2 aromatic carbocycles. The molecule has 4 heteroatoms. The van der Waals surface area contributed by atoms with Crippen molar-refractivity contribution in [2.45, 2.75) is 58.4 Å². The fourth-order valence-corrected chi connectivity index (χ4v) is 5.49. The molecule has 2 fully saturated rings. The number of ether oxygens (including phenoxy) is 1. The van der Waals surface area contributed by atoms with Crippen molar-refractivity contribution in [1.82, 2.24) is 4.90 Å². The quantitative estimate of drug-likeness (QED) is 0.547. The second-order valence-electron chi connectivity index (χ2n) is 9.75. The number of hydrogen-bond acceptors (Lipinski definition) is 4. The summed E-state index contributed by atoms with van der Waals surface area (Å²) in [6, 6.07) is 12.8. The van der Waals surface area contributed by atoms with Crippen LogP contribution >= 0.6 is 0 Å². The van der Waals surface area contributed by atoms with Gasteiger partial charge in [0, 0.05) is 29.6 Å². The molecule has 4 nitrogen and oxygen atoms in total. The summed E-state index contributed by atoms with van der Waals surface area (Å²) in [5, 5.41) is 11.2. The van der Waals surface area contributed by atoms with Crippen LogP contribution in [0.2, 0.25) is 0 Å². The number of methoxy groups -OCH3 is 1. The Bertz CT molecular complexity index is 987. The van der Waals surface area contributed by atoms with Crippen molar-refractivity contribution in [3.05, 3.63) is 41.5 Å². The molecule has 164 valence electrons. The Balaban J connectivity index is 1.64. The average molecular weight is 419 g/mol. The van der Waals surface area contributed by atoms with E-state index in [0.717, 1.165) is 53.6 Å². The lowest BCUT2D eigenvalue weighted by atomic mass is 9.75. The first kappa shape index (κ1) is 21.8. The predicted molar refractivity (Wildman–Crippen MR) is 124 cm³/mol. The molecule has 0 spiro atoms. The highest BCUT2D eigenvalue weighted by atomic mass is 16.5. The van der Waals surface area contributed by atoms with E-state index in [1.807, 2.05) is 30.3 Å². The third-order valence-corrected chi connectivity index (χ3v) is 7.34. The highest BCUT2D eigenvalue weighted by Crippen LogP contribution is 2.37. The number of piperidine rings is 1. The van der Waals surface area contributed by atoms with Gasteiger partial charge in [-0.15, -0.1) is 0 Å². The average Bonchev–Trinajstić information content (AvgIpc) is 2.72. The summed E-state index contributed by atoms with van der Waals surface area (Å²) in [5.74, 6) is 2.16. The lowest BCUT2D eigenvalue weighted by Crippen LogP contribution is -2.50. The number of ketones is 1. The molecule has 0 bridgehead atoms. The van der Waals surface area contributed by atoms with Crippen molar-refractivity contribution >= 4 is 16.6 Å². The zero-order valence-corrected chi connectivity index (χ0v) is 19.1. The number of benzene rings is 2. The molecule has 2 aliphatic rings. The number of hydrogen-bond donors (Lipinski definition) is 0. The van der Waals surface area contributed by atoms with E-state index in [4.69, 9.17) is 4.74 Å². The molecule has 2 aromatic rings. The third-order valence-electron chi connectivity index (χ3n) is 7.34. The molecule has 1 saturated carbocycles. The Hall–Kier alpha value is -2.38. The standard InChI is InChI=1S/C27H34N2O2/c1-18(2)15-20-12-14-29(22-5-4-6-22)17-25(20)27(30)21-7-9-23-19(16-21)8-10-26(31-3)24(23)11-13-28/h7-10,16,18,20,22,25H,4-6,11-12,14-15,17H2,1-3H3. The van der Waals surface area contributed by atoms with E-state index in [2.05, 4.69) is 24.8 Å². The second kappa shape index (κ2) is 9.40. The van der Waals surface area contributed by atoms with Crippen molar-refractivity contribution < 1.29 is 9.53 Å². The van der Waals surface area contributed by atoms with E-state index >= 15 is 0 Å². The molecular weight excluding hydrogens is 384 g/mol. The van der Waals surface area contributed by atoms with Gasteiger partial charge >= 0.3 is 0 Å². The first-order valence-electron chi connectivity index (χ1n) is 11.8. The van der Waals surface area contributed by atoms with Gasteiger partial charge in [0.05, 0.1) is 19.6 Å². The van der Waals surface area contributed by atoms with Crippen molar-refractivity contribution in [3.8, 4) is 11.8 Å². The van der Waals surface area contributed by atoms with Gasteiger partial charge in [-0.3, -0.25) is 9.69 Å². The Morgan fingerprint density at radius 2 is 2.03 bits per heavy atom. The maximum Gasteiger partial charge on any atom is 0.167 e. The Kier molecular flexibility index (Phi) is 6.62. The van der Waals surface area contributed by atoms with Crippen LogP contribution in [0.5, 0.6) is 5.75 Å². The van der Waals surface area contributed by atoms with Gasteiger partial charge in [-0.05, 0) is 67.0 Å². The van der Waals surface area contributed by atoms with Crippen molar-refractivity contribution in [1.29, 1.82) is 5.26 Å². The highest BCUT2D eigenvalue weighted by molar-refractivity contribution is 6.02. The normalized spacial score (nSPS) is 22.3. The van der Waals surface area contributed by atoms with Crippen LogP contribution in [-0.2, 0) is 6.42 Å². The molecule has 0 radical (unpaired) electrons. The maximum atomic E-state index is 13.7. The predicted octanol–water partition coefficient (Wildman–Crippen LogP) is 5.63. The van der Waals surface area contributed by atoms with E-state index in [-0.39, 0.29) is 11.7 Å². The SMILES string of the molecule is COc1ccc2cc(C(=O)C3CN(C4CCC4)CCC3CC(C)C)ccc2c1CC#N. The van der Waals surface area contributed by atoms with E-state index < -0.39 is 0 Å². The van der Waals surface area contributed by atoms with E-state index in [9.17, 15) is 10.1 Å². The topological polar surface area (TPSA) is 53.3 Å². The fourth-order valence-electron chi connectivity index (χ4n) is 5.49. The summed E-state index contributed by atoms with van der Waals surface area (Å²) >= 11 is 0. The summed E-state index contributed by atoms with van der Waals surface area (Å²) in [5.41, 5.74) is 1.70. The van der Waals surface area contributed by atoms with Crippen molar-refractivity contribution in [2.75, 3.05) is 20.2 Å². The Morgan fingerprint density at radius 3 is 2.68 bits per heavy atom. The number of likely N-dealkylation sites (tertiary alicyclic amines) is 1.